The van der Waals surface area contributed by atoms with Gasteiger partial charge in [-0.2, -0.15) is 0 Å². The Morgan fingerprint density at radius 1 is 1.06 bits per heavy atom. The van der Waals surface area contributed by atoms with E-state index in [1.807, 2.05) is 41.4 Å². The number of hydrogen-bond donors (Lipinski definition) is 1. The molecule has 0 saturated carbocycles. The first-order valence-electron chi connectivity index (χ1n) is 11.6. The van der Waals surface area contributed by atoms with Crippen molar-refractivity contribution in [1.82, 2.24) is 24.4 Å². The van der Waals surface area contributed by atoms with Crippen molar-refractivity contribution < 1.29 is 9.18 Å². The van der Waals surface area contributed by atoms with Gasteiger partial charge in [-0.3, -0.25) is 4.79 Å². The van der Waals surface area contributed by atoms with E-state index in [4.69, 9.17) is 4.98 Å². The van der Waals surface area contributed by atoms with Crippen LogP contribution in [-0.4, -0.2) is 43.4 Å². The molecule has 1 saturated heterocycles. The van der Waals surface area contributed by atoms with E-state index < -0.39 is 0 Å². The van der Waals surface area contributed by atoms with E-state index >= 15 is 0 Å². The minimum atomic E-state index is -0.233. The summed E-state index contributed by atoms with van der Waals surface area (Å²) >= 11 is 0. The highest BCUT2D eigenvalue weighted by molar-refractivity contribution is 6.05. The monoisotopic (exact) mass is 453 g/mol. The molecule has 2 aromatic carbocycles. The molecule has 0 aliphatic carbocycles. The molecular formula is C27H24FN5O. The number of rotatable bonds is 4. The van der Waals surface area contributed by atoms with Crippen molar-refractivity contribution in [3.63, 3.8) is 0 Å². The fourth-order valence-corrected chi connectivity index (χ4v) is 5.05. The summed E-state index contributed by atoms with van der Waals surface area (Å²) in [4.78, 5) is 27.5. The van der Waals surface area contributed by atoms with Gasteiger partial charge in [0.2, 0.25) is 0 Å². The van der Waals surface area contributed by atoms with Crippen molar-refractivity contribution in [2.45, 2.75) is 25.3 Å². The molecule has 1 aliphatic rings. The molecule has 7 heteroatoms. The molecule has 0 radical (unpaired) electrons. The van der Waals surface area contributed by atoms with Crippen LogP contribution < -0.4 is 0 Å². The molecule has 34 heavy (non-hydrogen) atoms. The Kier molecular flexibility index (Phi) is 5.09. The number of benzene rings is 2. The van der Waals surface area contributed by atoms with E-state index in [-0.39, 0.29) is 17.6 Å². The zero-order valence-corrected chi connectivity index (χ0v) is 18.6. The van der Waals surface area contributed by atoms with Gasteiger partial charge in [-0.05, 0) is 54.8 Å². The summed E-state index contributed by atoms with van der Waals surface area (Å²) in [6, 6.07) is 18.5. The van der Waals surface area contributed by atoms with Gasteiger partial charge in [0.25, 0.3) is 5.91 Å². The molecule has 1 fully saturated rings. The minimum Gasteiger partial charge on any atom is -0.346 e. The summed E-state index contributed by atoms with van der Waals surface area (Å²) in [6.45, 7) is 1.90. The number of piperidine rings is 1. The molecule has 5 aromatic rings. The maximum atomic E-state index is 13.8. The molecule has 1 aliphatic heterocycles. The number of para-hydroxylation sites is 2. The van der Waals surface area contributed by atoms with Gasteiger partial charge in [-0.1, -0.05) is 24.3 Å². The lowest BCUT2D eigenvalue weighted by atomic mass is 9.95. The maximum Gasteiger partial charge on any atom is 0.254 e. The number of nitrogens with one attached hydrogen (secondary N) is 1. The Hall–Kier alpha value is -4.00. The number of aromatic amines is 1. The maximum absolute atomic E-state index is 13.8. The summed E-state index contributed by atoms with van der Waals surface area (Å²) in [5, 5.41) is 0.853. The van der Waals surface area contributed by atoms with Gasteiger partial charge in [0.05, 0.1) is 16.6 Å². The number of pyridine rings is 1. The number of nitrogens with zero attached hydrogens (tertiary/aromatic N) is 4. The first-order valence-corrected chi connectivity index (χ1v) is 11.6. The van der Waals surface area contributed by atoms with Crippen LogP contribution in [0.25, 0.3) is 22.1 Å². The van der Waals surface area contributed by atoms with Gasteiger partial charge >= 0.3 is 0 Å². The summed E-state index contributed by atoms with van der Waals surface area (Å²) in [5.74, 6) is 1.05. The number of amides is 1. The normalized spacial score (nSPS) is 14.8. The molecule has 1 amide bonds. The Bertz CT molecular complexity index is 1500. The van der Waals surface area contributed by atoms with E-state index in [1.165, 1.54) is 6.07 Å². The van der Waals surface area contributed by atoms with Gasteiger partial charge < -0.3 is 14.5 Å². The average Bonchev–Trinajstić information content (AvgIpc) is 3.49. The largest absolute Gasteiger partial charge is 0.346 e. The number of H-pyrrole nitrogens is 1. The number of fused-ring (bicyclic) bond motifs is 2. The Morgan fingerprint density at radius 3 is 2.76 bits per heavy atom. The predicted molar refractivity (Wildman–Crippen MR) is 129 cm³/mol. The zero-order valence-electron chi connectivity index (χ0n) is 18.6. The van der Waals surface area contributed by atoms with Crippen LogP contribution in [0.15, 0.2) is 73.1 Å². The van der Waals surface area contributed by atoms with E-state index in [9.17, 15) is 9.18 Å². The topological polar surface area (TPSA) is 66.8 Å². The molecule has 0 bridgehead atoms. The van der Waals surface area contributed by atoms with Crippen LogP contribution in [0, 0.1) is 5.82 Å². The van der Waals surface area contributed by atoms with Crippen molar-refractivity contribution in [2.24, 2.45) is 0 Å². The third kappa shape index (κ3) is 3.63. The van der Waals surface area contributed by atoms with Crippen LogP contribution in [0.3, 0.4) is 0 Å². The second-order valence-electron chi connectivity index (χ2n) is 8.84. The highest BCUT2D eigenvalue weighted by Gasteiger charge is 2.29. The molecule has 4 heterocycles. The summed E-state index contributed by atoms with van der Waals surface area (Å²) in [6.07, 6.45) is 5.15. The molecule has 6 rings (SSSR count). The SMILES string of the molecule is O=C(c1ccnc2[nH]ccc12)N1CCC(c2nc3ccccc3n2Cc2cccc(F)c2)CC1. The number of halogens is 1. The summed E-state index contributed by atoms with van der Waals surface area (Å²) in [7, 11) is 0. The number of aromatic nitrogens is 4. The first kappa shape index (κ1) is 20.6. The number of carbonyl (C=O) groups excluding carboxylic acids is 1. The van der Waals surface area contributed by atoms with Crippen LogP contribution >= 0.6 is 0 Å². The molecular weight excluding hydrogens is 429 g/mol. The Labute approximate surface area is 196 Å². The molecule has 1 N–H and O–H groups in total. The standard InChI is InChI=1S/C27H24FN5O/c28-20-5-3-4-18(16-20)17-33-24-7-2-1-6-23(24)31-26(33)19-10-14-32(15-11-19)27(34)22-9-13-30-25-21(22)8-12-29-25/h1-9,12-13,16,19H,10-11,14-15,17H2,(H,29,30). The lowest BCUT2D eigenvalue weighted by Crippen LogP contribution is -2.38. The second kappa shape index (κ2) is 8.41. The van der Waals surface area contributed by atoms with Crippen LogP contribution in [0.1, 0.15) is 40.5 Å². The number of carbonyl (C=O) groups is 1. The van der Waals surface area contributed by atoms with Gasteiger partial charge in [0.1, 0.15) is 17.3 Å². The zero-order chi connectivity index (χ0) is 23.1. The van der Waals surface area contributed by atoms with Crippen molar-refractivity contribution >= 4 is 28.0 Å². The molecule has 3 aromatic heterocycles. The third-order valence-electron chi connectivity index (χ3n) is 6.75. The van der Waals surface area contributed by atoms with Crippen LogP contribution in [0.2, 0.25) is 0 Å². The highest BCUT2D eigenvalue weighted by atomic mass is 19.1. The second-order valence-corrected chi connectivity index (χ2v) is 8.84. The third-order valence-corrected chi connectivity index (χ3v) is 6.75. The van der Waals surface area contributed by atoms with E-state index in [0.29, 0.717) is 25.2 Å². The predicted octanol–water partition coefficient (Wildman–Crippen LogP) is 5.12. The van der Waals surface area contributed by atoms with Crippen LogP contribution in [0.5, 0.6) is 0 Å². The molecule has 6 nitrogen and oxygen atoms in total. The van der Waals surface area contributed by atoms with Crippen molar-refractivity contribution in [1.29, 1.82) is 0 Å². The fourth-order valence-electron chi connectivity index (χ4n) is 5.05. The molecule has 170 valence electrons. The smallest absolute Gasteiger partial charge is 0.254 e. The number of imidazole rings is 1. The van der Waals surface area contributed by atoms with Crippen LogP contribution in [0.4, 0.5) is 4.39 Å². The van der Waals surface area contributed by atoms with Gasteiger partial charge in [0, 0.05) is 43.3 Å². The minimum absolute atomic E-state index is 0.0405. The lowest BCUT2D eigenvalue weighted by Gasteiger charge is -2.32. The van der Waals surface area contributed by atoms with E-state index in [0.717, 1.165) is 46.3 Å². The fraction of sp³-hybridized carbons (Fsp3) is 0.222. The van der Waals surface area contributed by atoms with Crippen molar-refractivity contribution in [3.05, 3.63) is 95.8 Å². The number of hydrogen-bond acceptors (Lipinski definition) is 3. The molecule has 0 atom stereocenters. The molecule has 0 unspecified atom stereocenters. The average molecular weight is 454 g/mol. The lowest BCUT2D eigenvalue weighted by molar-refractivity contribution is 0.0712. The molecule has 0 spiro atoms. The quantitative estimate of drug-likeness (QED) is 0.411. The first-order chi connectivity index (χ1) is 16.7. The van der Waals surface area contributed by atoms with Gasteiger partial charge in [-0.25, -0.2) is 14.4 Å². The number of likely N-dealkylation sites (tertiary alicyclic amines) is 1. The van der Waals surface area contributed by atoms with Gasteiger partial charge in [-0.15, -0.1) is 0 Å². The van der Waals surface area contributed by atoms with Crippen molar-refractivity contribution in [2.75, 3.05) is 13.1 Å². The summed E-state index contributed by atoms with van der Waals surface area (Å²) < 4.78 is 16.0. The Balaban J connectivity index is 1.26. The van der Waals surface area contributed by atoms with Crippen molar-refractivity contribution in [3.8, 4) is 0 Å². The highest BCUT2D eigenvalue weighted by Crippen LogP contribution is 2.32. The van der Waals surface area contributed by atoms with Crippen LogP contribution in [-0.2, 0) is 6.54 Å². The summed E-state index contributed by atoms with van der Waals surface area (Å²) in [5.41, 5.74) is 4.31. The van der Waals surface area contributed by atoms with E-state index in [2.05, 4.69) is 20.6 Å². The Morgan fingerprint density at radius 2 is 1.91 bits per heavy atom. The van der Waals surface area contributed by atoms with Gasteiger partial charge in [0.15, 0.2) is 0 Å². The van der Waals surface area contributed by atoms with E-state index in [1.54, 1.807) is 24.4 Å².